The van der Waals surface area contributed by atoms with Gasteiger partial charge in [-0.3, -0.25) is 11.8 Å². The molecule has 11 rings (SSSR count). The molecule has 0 saturated carbocycles. The number of rotatable bonds is 6. The Balaban J connectivity index is 0.000000161. The summed E-state index contributed by atoms with van der Waals surface area (Å²) < 4.78 is 0. The fraction of sp³-hybridized carbons (Fsp3) is 0.0645. The molecule has 0 N–H and O–H groups in total. The molecule has 0 unspecified atom stereocenters. The first kappa shape index (κ1) is 50.7. The Bertz CT molecular complexity index is 2930. The molecule has 0 nitrogen and oxygen atoms in total. The van der Waals surface area contributed by atoms with Crippen LogP contribution in [0, 0.1) is 24.7 Å². The number of fused-ring (bicyclic) bond motifs is 6. The van der Waals surface area contributed by atoms with Crippen molar-refractivity contribution in [2.24, 2.45) is 0 Å². The Morgan fingerprint density at radius 1 is 0.309 bits per heavy atom. The summed E-state index contributed by atoms with van der Waals surface area (Å²) in [5.41, 5.74) is 6.97. The van der Waals surface area contributed by atoms with Crippen molar-refractivity contribution in [1.29, 1.82) is 0 Å². The van der Waals surface area contributed by atoms with Crippen molar-refractivity contribution < 1.29 is 44.8 Å². The van der Waals surface area contributed by atoms with Crippen LogP contribution in [0.3, 0.4) is 0 Å². The van der Waals surface area contributed by atoms with E-state index < -0.39 is 32.0 Å². The standard InChI is InChI=1S/C30H24P2.2C16H13Si.2Au/c1-5-15-25(16-6-1)31(26-17-7-2-8-18-26)29-23-13-14-24-30(29)32(27-19-9-3-10-20-27)28-21-11-4-12-22-28;2*1-4-12-8-7-11-15-16(12)13-9-5-6-10-14(13)17(15,2)3;;/h1-24H;2*5-11H,2-3H3;;/q;2*-1;2*+1/p+2. The summed E-state index contributed by atoms with van der Waals surface area (Å²) in [4.78, 5) is 0. The summed E-state index contributed by atoms with van der Waals surface area (Å²) in [7, 11) is -5.39. The van der Waals surface area contributed by atoms with Crippen molar-refractivity contribution in [2.75, 3.05) is 0 Å². The Kier molecular flexibility index (Phi) is 16.8. The minimum Gasteiger partial charge on any atom is -0.366 e. The Labute approximate surface area is 440 Å². The zero-order valence-electron chi connectivity index (χ0n) is 38.5. The first-order valence-corrected chi connectivity index (χ1v) is 31.6. The van der Waals surface area contributed by atoms with Gasteiger partial charge in [0.15, 0.2) is 0 Å². The van der Waals surface area contributed by atoms with Gasteiger partial charge >= 0.3 is 44.8 Å². The first-order valence-electron chi connectivity index (χ1n) is 22.6. The Morgan fingerprint density at radius 2 is 0.574 bits per heavy atom. The maximum atomic E-state index is 7.45. The molecule has 0 aromatic heterocycles. The zero-order chi connectivity index (χ0) is 45.7. The molecule has 68 heavy (non-hydrogen) atoms. The molecule has 0 radical (unpaired) electrons. The minimum absolute atomic E-state index is 0. The smallest absolute Gasteiger partial charge is 0.366 e. The van der Waals surface area contributed by atoms with Crippen LogP contribution in [0.2, 0.25) is 26.2 Å². The van der Waals surface area contributed by atoms with E-state index in [1.54, 1.807) is 0 Å². The number of hydrogen-bond donors (Lipinski definition) is 0. The molecule has 0 saturated heterocycles. The van der Waals surface area contributed by atoms with E-state index in [0.29, 0.717) is 0 Å². The second-order valence-electron chi connectivity index (χ2n) is 17.8. The van der Waals surface area contributed by atoms with E-state index in [0.717, 1.165) is 11.1 Å². The van der Waals surface area contributed by atoms with Crippen molar-refractivity contribution >= 4 is 84.6 Å². The third-order valence-electron chi connectivity index (χ3n) is 13.2. The van der Waals surface area contributed by atoms with Gasteiger partial charge in [0.25, 0.3) is 0 Å². The van der Waals surface area contributed by atoms with Gasteiger partial charge in [-0.25, -0.2) is 0 Å². The van der Waals surface area contributed by atoms with Crippen molar-refractivity contribution in [3.8, 4) is 34.1 Å². The van der Waals surface area contributed by atoms with E-state index >= 15 is 0 Å². The summed E-state index contributed by atoms with van der Waals surface area (Å²) in [6, 6.07) is 83.2. The molecule has 0 aliphatic carbocycles. The van der Waals surface area contributed by atoms with Gasteiger partial charge in [-0.1, -0.05) is 205 Å². The second kappa shape index (κ2) is 22.5. The molecule has 2 aliphatic rings. The quantitative estimate of drug-likeness (QED) is 0.0675. The van der Waals surface area contributed by atoms with Gasteiger partial charge in [0.1, 0.15) is 63.8 Å². The summed E-state index contributed by atoms with van der Waals surface area (Å²) in [6.07, 6.45) is 14.9. The van der Waals surface area contributed by atoms with Crippen LogP contribution in [-0.2, 0) is 44.8 Å². The number of benzene rings is 9. The first-order chi connectivity index (χ1) is 32.2. The van der Waals surface area contributed by atoms with Crippen molar-refractivity contribution in [3.63, 3.8) is 0 Å². The largest absolute Gasteiger partial charge is 1.00 e. The summed E-state index contributed by atoms with van der Waals surface area (Å²) in [5, 5.41) is 14.6. The average molecular weight is 1310 g/mol. The van der Waals surface area contributed by atoms with Crippen LogP contribution < -0.4 is 52.6 Å². The van der Waals surface area contributed by atoms with Crippen LogP contribution >= 0.6 is 15.8 Å². The molecule has 0 fully saturated rings. The predicted octanol–water partition coefficient (Wildman–Crippen LogP) is 9.52. The van der Waals surface area contributed by atoms with Crippen LogP contribution in [0.15, 0.2) is 231 Å². The van der Waals surface area contributed by atoms with E-state index in [2.05, 4.69) is 256 Å². The van der Waals surface area contributed by atoms with Crippen molar-refractivity contribution in [2.45, 2.75) is 26.2 Å². The molecule has 0 spiro atoms. The molecule has 0 bridgehead atoms. The summed E-state index contributed by atoms with van der Waals surface area (Å²) >= 11 is 0. The normalized spacial score (nSPS) is 12.6. The fourth-order valence-corrected chi connectivity index (χ4v) is 22.2. The predicted molar refractivity (Wildman–Crippen MR) is 296 cm³/mol. The third kappa shape index (κ3) is 9.98. The molecule has 0 amide bonds. The topological polar surface area (TPSA) is 0 Å². The molecule has 0 atom stereocenters. The third-order valence-corrected chi connectivity index (χ3v) is 26.1. The van der Waals surface area contributed by atoms with E-state index in [-0.39, 0.29) is 44.8 Å². The van der Waals surface area contributed by atoms with E-state index in [4.69, 9.17) is 12.8 Å². The number of hydrogen-bond acceptors (Lipinski definition) is 0. The van der Waals surface area contributed by atoms with Gasteiger partial charge in [-0.2, -0.15) is 0 Å². The van der Waals surface area contributed by atoms with Gasteiger partial charge in [0, 0.05) is 0 Å². The zero-order valence-corrected chi connectivity index (χ0v) is 46.9. The molecular formula is C62H52Au2P2Si2+2. The maximum Gasteiger partial charge on any atom is 1.00 e. The van der Waals surface area contributed by atoms with E-state index in [9.17, 15) is 0 Å². The van der Waals surface area contributed by atoms with Crippen molar-refractivity contribution in [3.05, 3.63) is 254 Å². The Hall–Kier alpha value is -5.13. The summed E-state index contributed by atoms with van der Waals surface area (Å²) in [5.74, 6) is 5.16. The van der Waals surface area contributed by atoms with Gasteiger partial charge in [0.2, 0.25) is 0 Å². The van der Waals surface area contributed by atoms with Gasteiger partial charge < -0.3 is 12.8 Å². The molecule has 9 aromatic rings. The molecular weight excluding hydrogens is 1260 g/mol. The van der Waals surface area contributed by atoms with E-state index in [1.165, 1.54) is 74.8 Å². The second-order valence-corrected chi connectivity index (χ2v) is 31.3. The average Bonchev–Trinajstić information content (AvgIpc) is 3.76. The van der Waals surface area contributed by atoms with Gasteiger partial charge in [0.05, 0.1) is 0 Å². The molecule has 2 heterocycles. The van der Waals surface area contributed by atoms with Crippen LogP contribution in [-0.4, -0.2) is 16.1 Å². The molecule has 6 heteroatoms. The molecule has 9 aromatic carbocycles. The van der Waals surface area contributed by atoms with Gasteiger partial charge in [-0.05, 0) is 82.2 Å². The SMILES string of the molecule is [Au+].[Au+].[C-]#Cc1cccc2c1-c1ccccc1[Si]2(C)C.[C-]#Cc1cccc2c1-c1ccccc1[Si]2(C)C.c1ccc([PH+](c2ccccc2)c2ccccc2[PH+](c2ccccc2)c2ccccc2)cc1. The Morgan fingerprint density at radius 3 is 0.882 bits per heavy atom. The van der Waals surface area contributed by atoms with Crippen LogP contribution in [0.25, 0.3) is 22.3 Å². The maximum absolute atomic E-state index is 7.45. The van der Waals surface area contributed by atoms with Crippen LogP contribution in [0.1, 0.15) is 11.1 Å². The minimum atomic E-state index is -1.55. The summed E-state index contributed by atoms with van der Waals surface area (Å²) in [6.45, 7) is 9.52. The van der Waals surface area contributed by atoms with E-state index in [1.807, 2.05) is 12.1 Å². The van der Waals surface area contributed by atoms with Gasteiger partial charge in [-0.15, -0.1) is 23.3 Å². The fourth-order valence-electron chi connectivity index (χ4n) is 10.0. The van der Waals surface area contributed by atoms with Crippen LogP contribution in [0.5, 0.6) is 0 Å². The van der Waals surface area contributed by atoms with Crippen molar-refractivity contribution in [1.82, 2.24) is 0 Å². The van der Waals surface area contributed by atoms with Crippen LogP contribution in [0.4, 0.5) is 0 Å². The molecule has 2 aliphatic heterocycles. The molecule has 338 valence electrons. The monoisotopic (exact) mass is 1310 g/mol.